The third-order valence-electron chi connectivity index (χ3n) is 7.18. The Morgan fingerprint density at radius 2 is 1.65 bits per heavy atom. The van der Waals surface area contributed by atoms with E-state index in [1.165, 1.54) is 51.4 Å². The molecule has 0 spiro atoms. The lowest BCUT2D eigenvalue weighted by Crippen LogP contribution is -2.49. The molecule has 0 aromatic heterocycles. The Kier molecular flexibility index (Phi) is 5.27. The highest BCUT2D eigenvalue weighted by Crippen LogP contribution is 2.61. The zero-order chi connectivity index (χ0) is 15.2. The number of hydrogen-bond acceptors (Lipinski definition) is 2. The van der Waals surface area contributed by atoms with E-state index in [9.17, 15) is 4.79 Å². The van der Waals surface area contributed by atoms with E-state index in [0.717, 1.165) is 43.7 Å². The van der Waals surface area contributed by atoms with Gasteiger partial charge in [0.25, 0.3) is 0 Å². The van der Waals surface area contributed by atoms with Gasteiger partial charge in [-0.3, -0.25) is 4.79 Å². The number of carbonyl (C=O) groups is 1. The van der Waals surface area contributed by atoms with Crippen LogP contribution in [0.25, 0.3) is 0 Å². The molecule has 132 valence electrons. The van der Waals surface area contributed by atoms with Crippen molar-refractivity contribution in [2.75, 3.05) is 20.1 Å². The maximum Gasteiger partial charge on any atom is 0.223 e. The number of rotatable bonds is 3. The number of amides is 1. The first kappa shape index (κ1) is 17.5. The molecule has 5 fully saturated rings. The van der Waals surface area contributed by atoms with Crippen LogP contribution >= 0.6 is 12.4 Å². The summed E-state index contributed by atoms with van der Waals surface area (Å²) in [6, 6.07) is 0.469. The Bertz CT molecular complexity index is 396. The van der Waals surface area contributed by atoms with Crippen molar-refractivity contribution in [3.05, 3.63) is 0 Å². The monoisotopic (exact) mass is 340 g/mol. The predicted octanol–water partition coefficient (Wildman–Crippen LogP) is 3.62. The van der Waals surface area contributed by atoms with E-state index in [-0.39, 0.29) is 12.4 Å². The van der Waals surface area contributed by atoms with Gasteiger partial charge in [-0.1, -0.05) is 0 Å². The molecule has 23 heavy (non-hydrogen) atoms. The topological polar surface area (TPSA) is 32.3 Å². The van der Waals surface area contributed by atoms with Gasteiger partial charge < -0.3 is 10.2 Å². The van der Waals surface area contributed by atoms with Crippen LogP contribution in [0, 0.1) is 23.2 Å². The maximum absolute atomic E-state index is 12.9. The van der Waals surface area contributed by atoms with E-state index in [4.69, 9.17) is 0 Å². The van der Waals surface area contributed by atoms with Crippen molar-refractivity contribution in [2.24, 2.45) is 23.2 Å². The van der Waals surface area contributed by atoms with Gasteiger partial charge in [0.15, 0.2) is 0 Å². The Balaban J connectivity index is 0.00000156. The quantitative estimate of drug-likeness (QED) is 0.851. The van der Waals surface area contributed by atoms with Crippen LogP contribution in [-0.2, 0) is 4.79 Å². The van der Waals surface area contributed by atoms with Gasteiger partial charge in [-0.15, -0.1) is 12.4 Å². The van der Waals surface area contributed by atoms with Crippen molar-refractivity contribution < 1.29 is 4.79 Å². The molecule has 4 aliphatic carbocycles. The lowest BCUT2D eigenvalue weighted by atomic mass is 9.49. The Hall–Kier alpha value is -0.280. The molecule has 1 atom stereocenters. The van der Waals surface area contributed by atoms with Gasteiger partial charge in [-0.2, -0.15) is 0 Å². The van der Waals surface area contributed by atoms with Crippen LogP contribution in [0.5, 0.6) is 0 Å². The lowest BCUT2D eigenvalue weighted by Gasteiger charge is -2.57. The summed E-state index contributed by atoms with van der Waals surface area (Å²) in [5.74, 6) is 3.29. The summed E-state index contributed by atoms with van der Waals surface area (Å²) in [4.78, 5) is 15.1. The second kappa shape index (κ2) is 6.92. The predicted molar refractivity (Wildman–Crippen MR) is 95.7 cm³/mol. The maximum atomic E-state index is 12.9. The number of carbonyl (C=O) groups excluding carboxylic acids is 1. The molecule has 4 saturated carbocycles. The molecule has 5 aliphatic rings. The molecule has 4 heteroatoms. The molecular formula is C19H33ClN2O. The highest BCUT2D eigenvalue weighted by atomic mass is 35.5. The van der Waals surface area contributed by atoms with E-state index in [2.05, 4.69) is 17.3 Å². The van der Waals surface area contributed by atoms with Crippen LogP contribution in [0.2, 0.25) is 0 Å². The van der Waals surface area contributed by atoms with Crippen LogP contribution in [0.4, 0.5) is 0 Å². The van der Waals surface area contributed by atoms with Crippen LogP contribution in [0.15, 0.2) is 0 Å². The summed E-state index contributed by atoms with van der Waals surface area (Å²) in [7, 11) is 2.07. The summed E-state index contributed by atoms with van der Waals surface area (Å²) < 4.78 is 0. The first-order chi connectivity index (χ1) is 10.6. The first-order valence-corrected chi connectivity index (χ1v) is 9.60. The van der Waals surface area contributed by atoms with Crippen LogP contribution in [0.1, 0.15) is 64.2 Å². The molecule has 4 bridgehead atoms. The lowest BCUT2D eigenvalue weighted by molar-refractivity contribution is -0.140. The van der Waals surface area contributed by atoms with Crippen molar-refractivity contribution in [1.82, 2.24) is 10.2 Å². The molecule has 0 aromatic rings. The minimum Gasteiger partial charge on any atom is -0.343 e. The summed E-state index contributed by atoms with van der Waals surface area (Å²) in [6.07, 6.45) is 12.8. The Morgan fingerprint density at radius 1 is 1.04 bits per heavy atom. The van der Waals surface area contributed by atoms with Crippen LogP contribution in [0.3, 0.4) is 0 Å². The smallest absolute Gasteiger partial charge is 0.223 e. The van der Waals surface area contributed by atoms with Gasteiger partial charge in [0, 0.05) is 19.5 Å². The third-order valence-corrected chi connectivity index (χ3v) is 7.18. The Labute approximate surface area is 147 Å². The van der Waals surface area contributed by atoms with Crippen LogP contribution < -0.4 is 5.32 Å². The van der Waals surface area contributed by atoms with Crippen LogP contribution in [-0.4, -0.2) is 37.0 Å². The molecule has 1 aliphatic heterocycles. The van der Waals surface area contributed by atoms with E-state index in [1.54, 1.807) is 0 Å². The van der Waals surface area contributed by atoms with Crippen molar-refractivity contribution >= 4 is 18.3 Å². The molecule has 1 saturated heterocycles. The number of nitrogens with zero attached hydrogens (tertiary/aromatic N) is 1. The van der Waals surface area contributed by atoms with Gasteiger partial charge in [-0.25, -0.2) is 0 Å². The molecule has 1 amide bonds. The zero-order valence-corrected chi connectivity index (χ0v) is 15.4. The molecule has 0 radical (unpaired) electrons. The summed E-state index contributed by atoms with van der Waals surface area (Å²) in [5.41, 5.74) is 0.392. The minimum atomic E-state index is 0. The SMILES string of the molecule is CN(C(=O)CC12CC3CC(CC(C3)C1)C2)C1CCCNCC1.Cl. The van der Waals surface area contributed by atoms with Crippen molar-refractivity contribution in [2.45, 2.75) is 70.3 Å². The van der Waals surface area contributed by atoms with Gasteiger partial charge in [0.1, 0.15) is 0 Å². The highest BCUT2D eigenvalue weighted by Gasteiger charge is 2.51. The van der Waals surface area contributed by atoms with Gasteiger partial charge in [0.2, 0.25) is 5.91 Å². The molecule has 5 rings (SSSR count). The average Bonchev–Trinajstić information content (AvgIpc) is 2.73. The molecule has 0 aromatic carbocycles. The third kappa shape index (κ3) is 3.56. The standard InChI is InChI=1S/C19H32N2O.ClH/c1-21(17-3-2-5-20-6-4-17)18(22)13-19-10-14-7-15(11-19)9-16(8-14)12-19;/h14-17,20H,2-13H2,1H3;1H. The van der Waals surface area contributed by atoms with Gasteiger partial charge in [0.05, 0.1) is 0 Å². The minimum absolute atomic E-state index is 0. The second-order valence-electron chi connectivity index (χ2n) is 8.93. The van der Waals surface area contributed by atoms with E-state index >= 15 is 0 Å². The second-order valence-corrected chi connectivity index (χ2v) is 8.93. The van der Waals surface area contributed by atoms with Crippen molar-refractivity contribution in [1.29, 1.82) is 0 Å². The summed E-state index contributed by atoms with van der Waals surface area (Å²) >= 11 is 0. The first-order valence-electron chi connectivity index (χ1n) is 9.60. The van der Waals surface area contributed by atoms with E-state index < -0.39 is 0 Å². The normalized spacial score (nSPS) is 42.0. The van der Waals surface area contributed by atoms with Gasteiger partial charge in [-0.05, 0) is 94.0 Å². The molecule has 1 unspecified atom stereocenters. The number of hydrogen-bond donors (Lipinski definition) is 1. The van der Waals surface area contributed by atoms with E-state index in [0.29, 0.717) is 17.4 Å². The largest absolute Gasteiger partial charge is 0.343 e. The fourth-order valence-electron chi connectivity index (χ4n) is 6.54. The molecule has 3 nitrogen and oxygen atoms in total. The number of nitrogens with one attached hydrogen (secondary N) is 1. The Morgan fingerprint density at radius 3 is 2.26 bits per heavy atom. The fourth-order valence-corrected chi connectivity index (χ4v) is 6.54. The molecular weight excluding hydrogens is 308 g/mol. The van der Waals surface area contributed by atoms with Gasteiger partial charge >= 0.3 is 0 Å². The van der Waals surface area contributed by atoms with Crippen molar-refractivity contribution in [3.63, 3.8) is 0 Å². The van der Waals surface area contributed by atoms with Crippen molar-refractivity contribution in [3.8, 4) is 0 Å². The summed E-state index contributed by atoms with van der Waals surface area (Å²) in [5, 5.41) is 3.46. The number of halogens is 1. The average molecular weight is 341 g/mol. The molecule has 1 heterocycles. The van der Waals surface area contributed by atoms with E-state index in [1.807, 2.05) is 0 Å². The fraction of sp³-hybridized carbons (Fsp3) is 0.947. The highest BCUT2D eigenvalue weighted by molar-refractivity contribution is 5.85. The zero-order valence-electron chi connectivity index (χ0n) is 14.6. The summed E-state index contributed by atoms with van der Waals surface area (Å²) in [6.45, 7) is 2.19. The molecule has 1 N–H and O–H groups in total.